The summed E-state index contributed by atoms with van der Waals surface area (Å²) in [5.41, 5.74) is 10.6. The van der Waals surface area contributed by atoms with Crippen LogP contribution < -0.4 is 0 Å². The topological polar surface area (TPSA) is 77.3 Å². The molecular formula is C51H48N6S8. The van der Waals surface area contributed by atoms with Crippen LogP contribution in [0.5, 0.6) is 0 Å². The fraction of sp³-hybridized carbons (Fsp3) is 0.333. The first-order chi connectivity index (χ1) is 32.0. The lowest BCUT2D eigenvalue weighted by Crippen LogP contribution is -2.31. The maximum Gasteiger partial charge on any atom is 0.132 e. The lowest BCUT2D eigenvalue weighted by atomic mass is 9.65. The fourth-order valence-electron chi connectivity index (χ4n) is 9.93. The van der Waals surface area contributed by atoms with Gasteiger partial charge in [-0.3, -0.25) is 9.97 Å². The number of rotatable bonds is 18. The average Bonchev–Trinajstić information content (AvgIpc) is 4.16. The molecule has 11 rings (SSSR count). The van der Waals surface area contributed by atoms with E-state index in [9.17, 15) is 0 Å². The first-order valence-corrected chi connectivity index (χ1v) is 29.3. The van der Waals surface area contributed by atoms with E-state index in [2.05, 4.69) is 112 Å². The van der Waals surface area contributed by atoms with E-state index in [0.29, 0.717) is 11.8 Å². The number of unbranched alkanes of at least 4 members (excludes halogenated alkanes) is 2. The second-order valence-corrected chi connectivity index (χ2v) is 24.5. The zero-order valence-electron chi connectivity index (χ0n) is 36.8. The Hall–Kier alpha value is -3.86. The highest BCUT2D eigenvalue weighted by molar-refractivity contribution is 7.26. The molecule has 0 bridgehead atoms. The van der Waals surface area contributed by atoms with E-state index in [1.807, 2.05) is 22.7 Å². The van der Waals surface area contributed by atoms with Gasteiger partial charge in [0.05, 0.1) is 33.2 Å². The van der Waals surface area contributed by atoms with E-state index in [1.54, 1.807) is 45.3 Å². The zero-order chi connectivity index (χ0) is 44.1. The van der Waals surface area contributed by atoms with Gasteiger partial charge in [0.15, 0.2) is 0 Å². The van der Waals surface area contributed by atoms with Crippen LogP contribution >= 0.6 is 91.5 Å². The van der Waals surface area contributed by atoms with E-state index in [0.717, 1.165) is 67.2 Å². The first-order valence-electron chi connectivity index (χ1n) is 22.8. The molecule has 14 heteroatoms. The van der Waals surface area contributed by atoms with Crippen molar-refractivity contribution in [2.45, 2.75) is 97.3 Å². The molecule has 6 nitrogen and oxygen atoms in total. The molecule has 10 aromatic heterocycles. The molecule has 0 fully saturated rings. The van der Waals surface area contributed by atoms with Gasteiger partial charge in [0.25, 0.3) is 0 Å². The van der Waals surface area contributed by atoms with Gasteiger partial charge in [0, 0.05) is 68.0 Å². The lowest BCUT2D eigenvalue weighted by Gasteiger charge is -2.37. The fourth-order valence-corrected chi connectivity index (χ4v) is 17.4. The van der Waals surface area contributed by atoms with Crippen molar-refractivity contribution in [3.8, 4) is 71.3 Å². The SMILES string of the molecule is CCCCC(CC)CC1(CC(CC)CCCC)c2cc(-c3cnc(-c4ccc(-c5cccs5)s4)c4nsnc34)sc2-c2sc(-c3cnc(-c4ccc(-c5cccs5)s4)c4nsnc34)cc21. The molecule has 0 aliphatic heterocycles. The second-order valence-electron chi connectivity index (χ2n) is 17.3. The van der Waals surface area contributed by atoms with Crippen LogP contribution in [0.4, 0.5) is 0 Å². The summed E-state index contributed by atoms with van der Waals surface area (Å²) in [6, 6.07) is 22.5. The number of pyridine rings is 2. The van der Waals surface area contributed by atoms with Crippen molar-refractivity contribution in [3.05, 3.63) is 94.9 Å². The summed E-state index contributed by atoms with van der Waals surface area (Å²) in [6.07, 6.45) is 16.4. The molecule has 10 heterocycles. The minimum absolute atomic E-state index is 0.110. The van der Waals surface area contributed by atoms with Crippen molar-refractivity contribution < 1.29 is 0 Å². The van der Waals surface area contributed by atoms with Crippen molar-refractivity contribution in [1.29, 1.82) is 0 Å². The van der Waals surface area contributed by atoms with Gasteiger partial charge in [-0.15, -0.1) is 68.0 Å². The van der Waals surface area contributed by atoms with Crippen molar-refractivity contribution in [2.75, 3.05) is 0 Å². The van der Waals surface area contributed by atoms with Gasteiger partial charge in [0.2, 0.25) is 0 Å². The molecule has 10 aromatic rings. The van der Waals surface area contributed by atoms with Gasteiger partial charge in [-0.2, -0.15) is 17.5 Å². The van der Waals surface area contributed by atoms with Crippen LogP contribution in [0, 0.1) is 11.8 Å². The summed E-state index contributed by atoms with van der Waals surface area (Å²) in [7, 11) is 0. The Balaban J connectivity index is 1.05. The minimum atomic E-state index is -0.110. The van der Waals surface area contributed by atoms with Crippen LogP contribution in [0.1, 0.15) is 103 Å². The Kier molecular flexibility index (Phi) is 12.6. The third-order valence-electron chi connectivity index (χ3n) is 13.4. The molecule has 65 heavy (non-hydrogen) atoms. The van der Waals surface area contributed by atoms with Crippen LogP contribution in [0.3, 0.4) is 0 Å². The minimum Gasteiger partial charge on any atom is -0.252 e. The van der Waals surface area contributed by atoms with Crippen molar-refractivity contribution >= 4 is 114 Å². The largest absolute Gasteiger partial charge is 0.252 e. The monoisotopic (exact) mass is 1000 g/mol. The quantitative estimate of drug-likeness (QED) is 0.0852. The van der Waals surface area contributed by atoms with Gasteiger partial charge in [0.1, 0.15) is 33.5 Å². The predicted octanol–water partition coefficient (Wildman–Crippen LogP) is 18.3. The molecule has 1 aliphatic rings. The lowest BCUT2D eigenvalue weighted by molar-refractivity contribution is 0.266. The molecule has 2 unspecified atom stereocenters. The van der Waals surface area contributed by atoms with Crippen LogP contribution in [0.25, 0.3) is 93.4 Å². The first kappa shape index (κ1) is 43.7. The number of fused-ring (bicyclic) bond motifs is 5. The number of nitrogens with zero attached hydrogens (tertiary/aromatic N) is 6. The molecule has 1 aliphatic carbocycles. The normalized spacial score (nSPS) is 14.2. The van der Waals surface area contributed by atoms with Crippen LogP contribution in [0.15, 0.2) is 83.8 Å². The smallest absolute Gasteiger partial charge is 0.132 e. The van der Waals surface area contributed by atoms with Gasteiger partial charge in [-0.1, -0.05) is 91.2 Å². The van der Waals surface area contributed by atoms with Gasteiger partial charge in [-0.05, 0) is 95.1 Å². The Labute approximate surface area is 412 Å². The van der Waals surface area contributed by atoms with E-state index in [1.165, 1.54) is 125 Å². The standard InChI is InChI=1S/C51H48N6S8/c1-5-9-13-29(7-3)25-51(26-30(8-4)14-10-6-2)33-23-41(31-27-52-45(47-43(31)54-64-56-47)39-19-17-37(60-39)35-15-11-21-58-35)62-49(33)50-34(51)24-42(63-50)32-28-53-46(48-44(32)55-65-57-48)40-20-18-38(61-40)36-16-12-22-59-36/h11-12,15-24,27-30H,5-10,13-14,25-26H2,1-4H3. The van der Waals surface area contributed by atoms with E-state index in [4.69, 9.17) is 27.5 Å². The van der Waals surface area contributed by atoms with Crippen molar-refractivity contribution in [2.24, 2.45) is 11.8 Å². The highest BCUT2D eigenvalue weighted by Crippen LogP contribution is 2.63. The third kappa shape index (κ3) is 7.93. The maximum absolute atomic E-state index is 5.19. The summed E-state index contributed by atoms with van der Waals surface area (Å²) in [5, 5.41) is 4.27. The molecule has 0 radical (unpaired) electrons. The van der Waals surface area contributed by atoms with Crippen LogP contribution in [-0.2, 0) is 5.41 Å². The molecular weight excluding hydrogens is 953 g/mol. The van der Waals surface area contributed by atoms with Gasteiger partial charge < -0.3 is 0 Å². The number of hydrogen-bond acceptors (Lipinski definition) is 14. The maximum atomic E-state index is 5.19. The molecule has 0 saturated heterocycles. The van der Waals surface area contributed by atoms with Gasteiger partial charge in [-0.25, -0.2) is 0 Å². The average molecular weight is 1000 g/mol. The van der Waals surface area contributed by atoms with Gasteiger partial charge >= 0.3 is 0 Å². The molecule has 0 spiro atoms. The Morgan fingerprint density at radius 2 is 0.938 bits per heavy atom. The number of thiophene rings is 6. The summed E-state index contributed by atoms with van der Waals surface area (Å²) >= 11 is 13.6. The Morgan fingerprint density at radius 3 is 1.35 bits per heavy atom. The summed E-state index contributed by atoms with van der Waals surface area (Å²) < 4.78 is 19.8. The second kappa shape index (κ2) is 18.7. The summed E-state index contributed by atoms with van der Waals surface area (Å²) in [6.45, 7) is 9.52. The summed E-state index contributed by atoms with van der Waals surface area (Å²) in [5.74, 6) is 1.26. The Morgan fingerprint density at radius 1 is 0.492 bits per heavy atom. The van der Waals surface area contributed by atoms with Crippen molar-refractivity contribution in [1.82, 2.24) is 27.5 Å². The zero-order valence-corrected chi connectivity index (χ0v) is 43.3. The third-order valence-corrected chi connectivity index (χ3v) is 21.3. The van der Waals surface area contributed by atoms with Crippen LogP contribution in [0.2, 0.25) is 0 Å². The molecule has 330 valence electrons. The van der Waals surface area contributed by atoms with E-state index < -0.39 is 0 Å². The van der Waals surface area contributed by atoms with Crippen LogP contribution in [-0.4, -0.2) is 27.5 Å². The van der Waals surface area contributed by atoms with E-state index in [-0.39, 0.29) is 5.41 Å². The molecule has 0 N–H and O–H groups in total. The molecule has 0 amide bonds. The Bertz CT molecular complexity index is 3000. The number of aromatic nitrogens is 6. The predicted molar refractivity (Wildman–Crippen MR) is 286 cm³/mol. The van der Waals surface area contributed by atoms with Crippen molar-refractivity contribution in [3.63, 3.8) is 0 Å². The number of hydrogen-bond donors (Lipinski definition) is 0. The van der Waals surface area contributed by atoms with E-state index >= 15 is 0 Å². The highest BCUT2D eigenvalue weighted by Gasteiger charge is 2.48. The molecule has 0 aromatic carbocycles. The molecule has 0 saturated carbocycles. The highest BCUT2D eigenvalue weighted by atomic mass is 32.1. The molecule has 2 atom stereocenters. The summed E-state index contributed by atoms with van der Waals surface area (Å²) in [4.78, 5) is 23.0.